The van der Waals surface area contributed by atoms with Crippen molar-refractivity contribution in [1.82, 2.24) is 10.3 Å². The van der Waals surface area contributed by atoms with Crippen molar-refractivity contribution in [3.05, 3.63) is 75.7 Å². The zero-order chi connectivity index (χ0) is 21.3. The van der Waals surface area contributed by atoms with Crippen LogP contribution < -0.4 is 15.5 Å². The average molecular weight is 437 g/mol. The minimum absolute atomic E-state index is 0.00147. The van der Waals surface area contributed by atoms with Crippen LogP contribution in [0.4, 0.5) is 11.4 Å². The normalized spacial score (nSPS) is 18.4. The Morgan fingerprint density at radius 1 is 1.23 bits per heavy atom. The number of nitrogens with zero attached hydrogens (tertiary/aromatic N) is 2. The Hall–Kier alpha value is -2.77. The second-order valence-electron chi connectivity index (χ2n) is 7.35. The van der Waals surface area contributed by atoms with E-state index in [1.54, 1.807) is 11.3 Å². The second-order valence-corrected chi connectivity index (χ2v) is 9.05. The number of benzene rings is 1. The molecule has 154 valence electrons. The van der Waals surface area contributed by atoms with Crippen LogP contribution in [0.25, 0.3) is 0 Å². The molecule has 2 unspecified atom stereocenters. The number of anilines is 2. The van der Waals surface area contributed by atoms with Gasteiger partial charge in [-0.15, -0.1) is 11.3 Å². The highest BCUT2D eigenvalue weighted by molar-refractivity contribution is 7.80. The number of hydrogen-bond donors (Lipinski definition) is 2. The van der Waals surface area contributed by atoms with Gasteiger partial charge in [-0.1, -0.05) is 13.0 Å². The lowest BCUT2D eigenvalue weighted by Crippen LogP contribution is -2.29. The monoisotopic (exact) mass is 436 g/mol. The van der Waals surface area contributed by atoms with Crippen LogP contribution in [0.1, 0.15) is 46.4 Å². The highest BCUT2D eigenvalue weighted by Gasteiger charge is 2.41. The van der Waals surface area contributed by atoms with Gasteiger partial charge in [-0.25, -0.2) is 0 Å². The Morgan fingerprint density at radius 3 is 2.70 bits per heavy atom. The van der Waals surface area contributed by atoms with Crippen molar-refractivity contribution in [2.45, 2.75) is 39.3 Å². The zero-order valence-corrected chi connectivity index (χ0v) is 18.8. The molecule has 0 bridgehead atoms. The number of thiocarbonyl (C=S) groups is 1. The molecule has 2 N–H and O–H groups in total. The van der Waals surface area contributed by atoms with Gasteiger partial charge in [0.05, 0.1) is 17.8 Å². The maximum atomic E-state index is 11.8. The summed E-state index contributed by atoms with van der Waals surface area (Å²) in [4.78, 5) is 21.1. The molecule has 5 nitrogen and oxygen atoms in total. The first-order valence-corrected chi connectivity index (χ1v) is 11.2. The highest BCUT2D eigenvalue weighted by Crippen LogP contribution is 2.44. The van der Waals surface area contributed by atoms with E-state index in [0.29, 0.717) is 11.5 Å². The summed E-state index contributed by atoms with van der Waals surface area (Å²) < 4.78 is 0. The van der Waals surface area contributed by atoms with Crippen LogP contribution in [0.2, 0.25) is 0 Å². The Labute approximate surface area is 186 Å². The lowest BCUT2D eigenvalue weighted by Gasteiger charge is -2.27. The van der Waals surface area contributed by atoms with Crippen molar-refractivity contribution in [3.63, 3.8) is 0 Å². The molecule has 1 fully saturated rings. The van der Waals surface area contributed by atoms with E-state index in [1.807, 2.05) is 50.4 Å². The van der Waals surface area contributed by atoms with Crippen molar-refractivity contribution in [2.75, 3.05) is 10.2 Å². The molecule has 1 aromatic carbocycles. The SMILES string of the molecule is CCC(=O)Nc1ccc(N2C(=S)NC(c3ccccn3)C2c2ccc(C)s2)cc1C. The van der Waals surface area contributed by atoms with Gasteiger partial charge in [0.1, 0.15) is 0 Å². The maximum absolute atomic E-state index is 11.8. The molecular weight excluding hydrogens is 412 g/mol. The Balaban J connectivity index is 1.74. The van der Waals surface area contributed by atoms with Crippen molar-refractivity contribution in [3.8, 4) is 0 Å². The molecule has 30 heavy (non-hydrogen) atoms. The summed E-state index contributed by atoms with van der Waals surface area (Å²) in [6.07, 6.45) is 2.27. The van der Waals surface area contributed by atoms with Crippen LogP contribution in [0.5, 0.6) is 0 Å². The van der Waals surface area contributed by atoms with Crippen LogP contribution >= 0.6 is 23.6 Å². The summed E-state index contributed by atoms with van der Waals surface area (Å²) in [7, 11) is 0. The number of hydrogen-bond acceptors (Lipinski definition) is 4. The standard InChI is InChI=1S/C23H24N4OS2/c1-4-20(28)25-17-10-9-16(13-14(17)2)27-22(19-11-8-15(3)30-19)21(26-23(27)29)18-7-5-6-12-24-18/h5-13,21-22H,4H2,1-3H3,(H,25,28)(H,26,29). The summed E-state index contributed by atoms with van der Waals surface area (Å²) in [5, 5.41) is 7.11. The molecule has 1 aliphatic heterocycles. The van der Waals surface area contributed by atoms with E-state index in [1.165, 1.54) is 9.75 Å². The predicted molar refractivity (Wildman–Crippen MR) is 127 cm³/mol. The van der Waals surface area contributed by atoms with Gasteiger partial charge in [0.2, 0.25) is 5.91 Å². The smallest absolute Gasteiger partial charge is 0.224 e. The first-order chi connectivity index (χ1) is 14.5. The summed E-state index contributed by atoms with van der Waals surface area (Å²) in [6.45, 7) is 5.96. The van der Waals surface area contributed by atoms with E-state index >= 15 is 0 Å². The van der Waals surface area contributed by atoms with Gasteiger partial charge >= 0.3 is 0 Å². The molecule has 4 rings (SSSR count). The van der Waals surface area contributed by atoms with Gasteiger partial charge in [-0.05, 0) is 74.1 Å². The van der Waals surface area contributed by atoms with Crippen LogP contribution in [0.15, 0.2) is 54.7 Å². The molecule has 0 saturated carbocycles. The Kier molecular flexibility index (Phi) is 5.83. The molecule has 0 aliphatic carbocycles. The van der Waals surface area contributed by atoms with Crippen molar-refractivity contribution in [2.24, 2.45) is 0 Å². The maximum Gasteiger partial charge on any atom is 0.224 e. The lowest BCUT2D eigenvalue weighted by atomic mass is 10.0. The minimum Gasteiger partial charge on any atom is -0.351 e. The minimum atomic E-state index is -0.0449. The van der Waals surface area contributed by atoms with Crippen molar-refractivity contribution in [1.29, 1.82) is 0 Å². The number of aromatic nitrogens is 1. The van der Waals surface area contributed by atoms with Crippen molar-refractivity contribution >= 4 is 45.9 Å². The van der Waals surface area contributed by atoms with Gasteiger partial charge in [0, 0.05) is 33.7 Å². The summed E-state index contributed by atoms with van der Waals surface area (Å²) in [5.74, 6) is 0.00589. The van der Waals surface area contributed by atoms with E-state index in [-0.39, 0.29) is 18.0 Å². The number of carbonyl (C=O) groups excluding carboxylic acids is 1. The summed E-state index contributed by atoms with van der Waals surface area (Å²) >= 11 is 7.55. The first-order valence-electron chi connectivity index (χ1n) is 9.95. The largest absolute Gasteiger partial charge is 0.351 e. The van der Waals surface area contributed by atoms with Crippen LogP contribution in [-0.4, -0.2) is 16.0 Å². The van der Waals surface area contributed by atoms with E-state index in [9.17, 15) is 4.79 Å². The number of nitrogens with one attached hydrogen (secondary N) is 2. The van der Waals surface area contributed by atoms with E-state index in [2.05, 4.69) is 45.6 Å². The molecule has 1 saturated heterocycles. The molecule has 3 heterocycles. The number of amides is 1. The lowest BCUT2D eigenvalue weighted by molar-refractivity contribution is -0.115. The fraction of sp³-hybridized carbons (Fsp3) is 0.261. The molecule has 1 aliphatic rings. The summed E-state index contributed by atoms with van der Waals surface area (Å²) in [6, 6.07) is 16.3. The average Bonchev–Trinajstić information content (AvgIpc) is 3.32. The Morgan fingerprint density at radius 2 is 2.07 bits per heavy atom. The molecule has 3 aromatic rings. The molecule has 1 amide bonds. The third kappa shape index (κ3) is 3.95. The molecule has 0 radical (unpaired) electrons. The fourth-order valence-electron chi connectivity index (χ4n) is 3.71. The number of pyridine rings is 1. The number of thiophene rings is 1. The molecule has 2 atom stereocenters. The topological polar surface area (TPSA) is 57.3 Å². The van der Waals surface area contributed by atoms with Crippen LogP contribution in [0.3, 0.4) is 0 Å². The van der Waals surface area contributed by atoms with Gasteiger partial charge in [-0.3, -0.25) is 9.78 Å². The van der Waals surface area contributed by atoms with E-state index < -0.39 is 0 Å². The van der Waals surface area contributed by atoms with Gasteiger partial charge < -0.3 is 15.5 Å². The highest BCUT2D eigenvalue weighted by atomic mass is 32.1. The molecule has 7 heteroatoms. The predicted octanol–water partition coefficient (Wildman–Crippen LogP) is 5.29. The summed E-state index contributed by atoms with van der Waals surface area (Å²) in [5.41, 5.74) is 3.78. The third-order valence-corrected chi connectivity index (χ3v) is 6.62. The molecular formula is C23H24N4OS2. The number of rotatable bonds is 5. The third-order valence-electron chi connectivity index (χ3n) is 5.23. The van der Waals surface area contributed by atoms with Crippen LogP contribution in [-0.2, 0) is 4.79 Å². The van der Waals surface area contributed by atoms with Gasteiger partial charge in [-0.2, -0.15) is 0 Å². The second kappa shape index (κ2) is 8.53. The van der Waals surface area contributed by atoms with Gasteiger partial charge in [0.25, 0.3) is 0 Å². The first kappa shape index (κ1) is 20.5. The van der Waals surface area contributed by atoms with Crippen LogP contribution in [0, 0.1) is 13.8 Å². The molecule has 2 aromatic heterocycles. The molecule has 0 spiro atoms. The van der Waals surface area contributed by atoms with Crippen molar-refractivity contribution < 1.29 is 4.79 Å². The van der Waals surface area contributed by atoms with E-state index in [4.69, 9.17) is 12.2 Å². The van der Waals surface area contributed by atoms with Gasteiger partial charge in [0.15, 0.2) is 5.11 Å². The zero-order valence-electron chi connectivity index (χ0n) is 17.2. The van der Waals surface area contributed by atoms with E-state index in [0.717, 1.165) is 22.6 Å². The quantitative estimate of drug-likeness (QED) is 0.533. The number of carbonyl (C=O) groups is 1. The Bertz CT molecular complexity index is 1080. The number of aryl methyl sites for hydroxylation is 2. The fourth-order valence-corrected chi connectivity index (χ4v) is 5.06.